The van der Waals surface area contributed by atoms with Crippen LogP contribution in [0.1, 0.15) is 16.2 Å². The van der Waals surface area contributed by atoms with Crippen molar-refractivity contribution in [3.63, 3.8) is 0 Å². The van der Waals surface area contributed by atoms with Crippen molar-refractivity contribution in [3.8, 4) is 0 Å². The average molecular weight is 154 g/mol. The molecule has 0 radical (unpaired) electrons. The van der Waals surface area contributed by atoms with Gasteiger partial charge in [-0.25, -0.2) is 4.98 Å². The quantitative estimate of drug-likeness (QED) is 0.610. The van der Waals surface area contributed by atoms with Crippen molar-refractivity contribution in [1.29, 1.82) is 0 Å². The molecular formula is C6H6N2OS. The van der Waals surface area contributed by atoms with E-state index < -0.39 is 0 Å². The third-order valence-corrected chi connectivity index (χ3v) is 1.30. The van der Waals surface area contributed by atoms with E-state index in [1.54, 1.807) is 6.92 Å². The Morgan fingerprint density at radius 3 is 2.50 bits per heavy atom. The van der Waals surface area contributed by atoms with E-state index in [1.165, 1.54) is 12.4 Å². The lowest BCUT2D eigenvalue weighted by molar-refractivity contribution is 0.108. The van der Waals surface area contributed by atoms with Crippen molar-refractivity contribution in [3.05, 3.63) is 23.8 Å². The van der Waals surface area contributed by atoms with Gasteiger partial charge in [0.15, 0.2) is 0 Å². The number of hydrogen-bond acceptors (Lipinski definition) is 3. The second kappa shape index (κ2) is 2.79. The smallest absolute Gasteiger partial charge is 0.236 e. The first kappa shape index (κ1) is 7.21. The monoisotopic (exact) mass is 154 g/mol. The van der Waals surface area contributed by atoms with Gasteiger partial charge in [-0.1, -0.05) is 12.6 Å². The normalized spacial score (nSPS) is 9.40. The summed E-state index contributed by atoms with van der Waals surface area (Å²) in [6.45, 7) is 1.72. The minimum Gasteiger partial charge on any atom is -0.280 e. The second-order valence-electron chi connectivity index (χ2n) is 1.80. The summed E-state index contributed by atoms with van der Waals surface area (Å²) in [7, 11) is 0. The number of aromatic nitrogens is 2. The highest BCUT2D eigenvalue weighted by Gasteiger charge is 2.04. The maximum absolute atomic E-state index is 10.6. The molecule has 1 heterocycles. The summed E-state index contributed by atoms with van der Waals surface area (Å²) < 4.78 is 0. The molecule has 0 unspecified atom stereocenters. The Balaban J connectivity index is 3.15. The molecule has 0 saturated heterocycles. The number of carbonyl (C=O) groups excluding carboxylic acids is 1. The van der Waals surface area contributed by atoms with Gasteiger partial charge in [0.1, 0.15) is 5.69 Å². The highest BCUT2D eigenvalue weighted by Crippen LogP contribution is 2.01. The molecule has 3 nitrogen and oxygen atoms in total. The summed E-state index contributed by atoms with van der Waals surface area (Å²) in [6.07, 6.45) is 3.01. The summed E-state index contributed by atoms with van der Waals surface area (Å²) in [5, 5.41) is -0.342. The lowest BCUT2D eigenvalue weighted by atomic mass is 10.3. The lowest BCUT2D eigenvalue weighted by Crippen LogP contribution is -1.98. The van der Waals surface area contributed by atoms with Crippen LogP contribution in [-0.2, 0) is 0 Å². The molecule has 10 heavy (non-hydrogen) atoms. The predicted octanol–water partition coefficient (Wildman–Crippen LogP) is 0.855. The first-order valence-electron chi connectivity index (χ1n) is 2.72. The molecule has 0 aromatic carbocycles. The molecule has 52 valence electrons. The van der Waals surface area contributed by atoms with Gasteiger partial charge in [-0.2, -0.15) is 0 Å². The standard InChI is InChI=1S/C6H6N2OS/c1-4-5(6(9)10)8-3-2-7-4/h2-3H,1H3,(H,9,10). The lowest BCUT2D eigenvalue weighted by Gasteiger charge is -1.94. The van der Waals surface area contributed by atoms with Crippen molar-refractivity contribution >= 4 is 17.7 Å². The fourth-order valence-electron chi connectivity index (χ4n) is 0.618. The van der Waals surface area contributed by atoms with Crippen molar-refractivity contribution in [2.75, 3.05) is 0 Å². The number of thiol groups is 1. The van der Waals surface area contributed by atoms with Gasteiger partial charge in [0.2, 0.25) is 5.12 Å². The fourth-order valence-corrected chi connectivity index (χ4v) is 0.837. The Morgan fingerprint density at radius 1 is 1.50 bits per heavy atom. The molecule has 0 aliphatic heterocycles. The Hall–Kier alpha value is -0.900. The van der Waals surface area contributed by atoms with Crippen LogP contribution < -0.4 is 0 Å². The van der Waals surface area contributed by atoms with Crippen molar-refractivity contribution < 1.29 is 4.79 Å². The first-order valence-corrected chi connectivity index (χ1v) is 3.17. The molecular weight excluding hydrogens is 148 g/mol. The van der Waals surface area contributed by atoms with Crippen LogP contribution in [0.4, 0.5) is 0 Å². The molecule has 0 spiro atoms. The van der Waals surface area contributed by atoms with Crippen LogP contribution in [0, 0.1) is 6.92 Å². The topological polar surface area (TPSA) is 42.9 Å². The van der Waals surface area contributed by atoms with E-state index in [0.717, 1.165) is 0 Å². The number of carbonyl (C=O) groups is 1. The molecule has 1 aromatic heterocycles. The summed E-state index contributed by atoms with van der Waals surface area (Å²) in [6, 6.07) is 0. The summed E-state index contributed by atoms with van der Waals surface area (Å²) in [5.41, 5.74) is 0.938. The highest BCUT2D eigenvalue weighted by atomic mass is 32.1. The van der Waals surface area contributed by atoms with E-state index in [9.17, 15) is 4.79 Å². The maximum atomic E-state index is 10.6. The summed E-state index contributed by atoms with van der Waals surface area (Å²) >= 11 is 3.62. The van der Waals surface area contributed by atoms with Crippen LogP contribution in [0.5, 0.6) is 0 Å². The Kier molecular flexibility index (Phi) is 2.01. The SMILES string of the molecule is Cc1nccnc1C(=O)S. The minimum absolute atomic E-state index is 0.325. The predicted molar refractivity (Wildman–Crippen MR) is 40.1 cm³/mol. The molecule has 0 aliphatic carbocycles. The van der Waals surface area contributed by atoms with Gasteiger partial charge in [-0.05, 0) is 6.92 Å². The van der Waals surface area contributed by atoms with Crippen LogP contribution in [0.25, 0.3) is 0 Å². The molecule has 0 fully saturated rings. The Bertz CT molecular complexity index is 262. The van der Waals surface area contributed by atoms with Crippen molar-refractivity contribution in [2.45, 2.75) is 6.92 Å². The fraction of sp³-hybridized carbons (Fsp3) is 0.167. The van der Waals surface area contributed by atoms with Crippen LogP contribution in [0.3, 0.4) is 0 Å². The van der Waals surface area contributed by atoms with Gasteiger partial charge in [-0.3, -0.25) is 9.78 Å². The summed E-state index contributed by atoms with van der Waals surface area (Å²) in [5.74, 6) is 0. The van der Waals surface area contributed by atoms with Crippen molar-refractivity contribution in [2.24, 2.45) is 0 Å². The third kappa shape index (κ3) is 1.33. The molecule has 0 bridgehead atoms. The molecule has 0 N–H and O–H groups in total. The second-order valence-corrected chi connectivity index (χ2v) is 2.20. The van der Waals surface area contributed by atoms with E-state index in [1.807, 2.05) is 0 Å². The van der Waals surface area contributed by atoms with Gasteiger partial charge in [0.05, 0.1) is 5.69 Å². The van der Waals surface area contributed by atoms with E-state index in [2.05, 4.69) is 22.6 Å². The zero-order chi connectivity index (χ0) is 7.56. The minimum atomic E-state index is -0.342. The van der Waals surface area contributed by atoms with Crippen LogP contribution in [0.15, 0.2) is 12.4 Å². The molecule has 1 rings (SSSR count). The average Bonchev–Trinajstić information content (AvgIpc) is 1.88. The van der Waals surface area contributed by atoms with Gasteiger partial charge >= 0.3 is 0 Å². The number of nitrogens with zero attached hydrogens (tertiary/aromatic N) is 2. The van der Waals surface area contributed by atoms with Gasteiger partial charge in [0, 0.05) is 12.4 Å². The first-order chi connectivity index (χ1) is 4.72. The largest absolute Gasteiger partial charge is 0.280 e. The van der Waals surface area contributed by atoms with Crippen LogP contribution >= 0.6 is 12.6 Å². The van der Waals surface area contributed by atoms with Crippen molar-refractivity contribution in [1.82, 2.24) is 9.97 Å². The zero-order valence-corrected chi connectivity index (χ0v) is 6.30. The molecule has 4 heteroatoms. The zero-order valence-electron chi connectivity index (χ0n) is 5.40. The molecule has 0 atom stereocenters. The van der Waals surface area contributed by atoms with E-state index in [4.69, 9.17) is 0 Å². The van der Waals surface area contributed by atoms with E-state index in [-0.39, 0.29) is 5.12 Å². The number of aryl methyl sites for hydroxylation is 1. The number of hydrogen-bond donors (Lipinski definition) is 1. The molecule has 0 amide bonds. The van der Waals surface area contributed by atoms with Crippen LogP contribution in [-0.4, -0.2) is 15.1 Å². The Morgan fingerprint density at radius 2 is 2.10 bits per heavy atom. The van der Waals surface area contributed by atoms with Gasteiger partial charge < -0.3 is 0 Å². The van der Waals surface area contributed by atoms with Gasteiger partial charge in [0.25, 0.3) is 0 Å². The highest BCUT2D eigenvalue weighted by molar-refractivity contribution is 7.97. The molecule has 0 saturated carbocycles. The number of rotatable bonds is 1. The maximum Gasteiger partial charge on any atom is 0.236 e. The Labute approximate surface area is 63.9 Å². The van der Waals surface area contributed by atoms with Gasteiger partial charge in [-0.15, -0.1) is 0 Å². The third-order valence-electron chi connectivity index (χ3n) is 1.08. The van der Waals surface area contributed by atoms with Crippen LogP contribution in [0.2, 0.25) is 0 Å². The van der Waals surface area contributed by atoms with E-state index in [0.29, 0.717) is 11.4 Å². The molecule has 0 aliphatic rings. The molecule has 1 aromatic rings. The van der Waals surface area contributed by atoms with E-state index >= 15 is 0 Å². The summed E-state index contributed by atoms with van der Waals surface area (Å²) in [4.78, 5) is 18.3.